The highest BCUT2D eigenvalue weighted by atomic mass is 79.9. The van der Waals surface area contributed by atoms with Gasteiger partial charge in [0, 0.05) is 21.5 Å². The third kappa shape index (κ3) is 1.80. The number of fused-ring (bicyclic) bond motifs is 1. The van der Waals surface area contributed by atoms with Crippen LogP contribution in [-0.4, -0.2) is 26.4 Å². The Hall–Kier alpha value is -0.155. The molecule has 1 aliphatic heterocycles. The normalized spacial score (nSPS) is 18.9. The second-order valence-corrected chi connectivity index (χ2v) is 4.82. The first-order chi connectivity index (χ1) is 6.79. The molecule has 74 valence electrons. The lowest BCUT2D eigenvalue weighted by atomic mass is 9.79. The minimum atomic E-state index is -0.101. The van der Waals surface area contributed by atoms with Crippen LogP contribution < -0.4 is 9.47 Å². The Kier molecular flexibility index (Phi) is 3.07. The van der Waals surface area contributed by atoms with Gasteiger partial charge in [-0.15, -0.1) is 11.3 Å². The van der Waals surface area contributed by atoms with Crippen LogP contribution in [-0.2, 0) is 0 Å². The van der Waals surface area contributed by atoms with Gasteiger partial charge in [0.15, 0.2) is 11.5 Å². The molecule has 2 rings (SSSR count). The smallest absolute Gasteiger partial charge is 0.171 e. The summed E-state index contributed by atoms with van der Waals surface area (Å²) in [6, 6.07) is 0. The predicted molar refractivity (Wildman–Crippen MR) is 62.1 cm³/mol. The fourth-order valence-electron chi connectivity index (χ4n) is 1.24. The second-order valence-electron chi connectivity index (χ2n) is 3.52. The molecule has 2 radical (unpaired) electrons. The van der Waals surface area contributed by atoms with Crippen LogP contribution in [0.25, 0.3) is 0 Å². The van der Waals surface area contributed by atoms with Crippen molar-refractivity contribution in [3.63, 3.8) is 0 Å². The second kappa shape index (κ2) is 4.15. The van der Waals surface area contributed by atoms with Gasteiger partial charge >= 0.3 is 0 Å². The average Bonchev–Trinajstić information content (AvgIpc) is 2.61. The van der Waals surface area contributed by atoms with Gasteiger partial charge in [-0.2, -0.15) is 0 Å². The Bertz CT molecular complexity index is 287. The maximum Gasteiger partial charge on any atom is 0.171 e. The van der Waals surface area contributed by atoms with E-state index in [2.05, 4.69) is 15.9 Å². The molecule has 0 saturated heterocycles. The van der Waals surface area contributed by atoms with Crippen LogP contribution in [0.4, 0.5) is 0 Å². The summed E-state index contributed by atoms with van der Waals surface area (Å²) in [6.07, 6.45) is 0.561. The van der Waals surface area contributed by atoms with Crippen LogP contribution in [0, 0.1) is 5.41 Å². The Labute approximate surface area is 97.1 Å². The summed E-state index contributed by atoms with van der Waals surface area (Å²) >= 11 is 5.05. The number of halogens is 1. The van der Waals surface area contributed by atoms with E-state index in [-0.39, 0.29) is 5.41 Å². The fraction of sp³-hybridized carbons (Fsp3) is 0.556. The summed E-state index contributed by atoms with van der Waals surface area (Å²) < 4.78 is 11.3. The van der Waals surface area contributed by atoms with Gasteiger partial charge in [-0.1, -0.05) is 22.3 Å². The highest BCUT2D eigenvalue weighted by molar-refractivity contribution is 9.09. The first-order valence-corrected chi connectivity index (χ1v) is 6.44. The molecule has 0 aliphatic carbocycles. The molecule has 0 unspecified atom stereocenters. The van der Waals surface area contributed by atoms with Crippen molar-refractivity contribution in [2.75, 3.05) is 18.5 Å². The highest BCUT2D eigenvalue weighted by Gasteiger charge is 2.32. The molecule has 1 aromatic heterocycles. The molecule has 0 spiro atoms. The molecule has 5 heteroatoms. The molecule has 0 aromatic carbocycles. The van der Waals surface area contributed by atoms with E-state index in [1.54, 1.807) is 11.3 Å². The van der Waals surface area contributed by atoms with Crippen LogP contribution in [0.1, 0.15) is 0 Å². The molecule has 0 bridgehead atoms. The van der Waals surface area contributed by atoms with Crippen molar-refractivity contribution < 1.29 is 9.47 Å². The third-order valence-electron chi connectivity index (χ3n) is 2.38. The van der Waals surface area contributed by atoms with E-state index in [0.29, 0.717) is 19.5 Å². The lowest BCUT2D eigenvalue weighted by Crippen LogP contribution is -2.34. The van der Waals surface area contributed by atoms with E-state index in [9.17, 15) is 0 Å². The van der Waals surface area contributed by atoms with Crippen molar-refractivity contribution in [2.24, 2.45) is 5.41 Å². The maximum absolute atomic E-state index is 5.73. The van der Waals surface area contributed by atoms with Crippen molar-refractivity contribution in [3.05, 3.63) is 10.8 Å². The summed E-state index contributed by atoms with van der Waals surface area (Å²) in [5.41, 5.74) is -0.101. The standard InChI is InChI=1S/C9H10BBrO2S/c10-3-9(4-11)5-12-7-1-14-2-8(7)13-6-9/h1-2H,3-6H2. The summed E-state index contributed by atoms with van der Waals surface area (Å²) in [5, 5.41) is 4.70. The van der Waals surface area contributed by atoms with E-state index < -0.39 is 0 Å². The maximum atomic E-state index is 5.73. The molecule has 0 N–H and O–H groups in total. The largest absolute Gasteiger partial charge is 0.488 e. The van der Waals surface area contributed by atoms with Gasteiger partial charge in [-0.05, 0) is 0 Å². The summed E-state index contributed by atoms with van der Waals surface area (Å²) in [4.78, 5) is 0. The summed E-state index contributed by atoms with van der Waals surface area (Å²) in [7, 11) is 5.73. The van der Waals surface area contributed by atoms with Gasteiger partial charge in [0.2, 0.25) is 0 Å². The number of hydrogen-bond acceptors (Lipinski definition) is 3. The van der Waals surface area contributed by atoms with Crippen LogP contribution in [0.2, 0.25) is 6.32 Å². The zero-order valence-corrected chi connectivity index (χ0v) is 10.1. The lowest BCUT2D eigenvalue weighted by Gasteiger charge is -2.27. The molecular weight excluding hydrogens is 263 g/mol. The molecule has 1 aliphatic rings. The molecule has 0 atom stereocenters. The van der Waals surface area contributed by atoms with Gasteiger partial charge in [0.25, 0.3) is 0 Å². The monoisotopic (exact) mass is 272 g/mol. The van der Waals surface area contributed by atoms with Crippen LogP contribution in [0.15, 0.2) is 10.8 Å². The first kappa shape index (κ1) is 10.4. The van der Waals surface area contributed by atoms with E-state index >= 15 is 0 Å². The predicted octanol–water partition coefficient (Wildman–Crippen LogP) is 2.49. The lowest BCUT2D eigenvalue weighted by molar-refractivity contribution is 0.146. The fourth-order valence-corrected chi connectivity index (χ4v) is 2.47. The molecule has 0 fully saturated rings. The first-order valence-electron chi connectivity index (χ1n) is 4.37. The summed E-state index contributed by atoms with van der Waals surface area (Å²) in [5.74, 6) is 1.68. The molecule has 0 saturated carbocycles. The molecule has 0 amide bonds. The molecule has 14 heavy (non-hydrogen) atoms. The van der Waals surface area contributed by atoms with Gasteiger partial charge in [0.1, 0.15) is 0 Å². The third-order valence-corrected chi connectivity index (χ3v) is 4.27. The molecule has 2 nitrogen and oxygen atoms in total. The van der Waals surface area contributed by atoms with Crippen LogP contribution >= 0.6 is 27.3 Å². The molecule has 2 heterocycles. The van der Waals surface area contributed by atoms with Crippen molar-refractivity contribution >= 4 is 35.1 Å². The number of rotatable bonds is 2. The summed E-state index contributed by atoms with van der Waals surface area (Å²) in [6.45, 7) is 1.22. The topological polar surface area (TPSA) is 18.5 Å². The van der Waals surface area contributed by atoms with Crippen molar-refractivity contribution in [3.8, 4) is 11.5 Å². The number of thiophene rings is 1. The van der Waals surface area contributed by atoms with E-state index in [0.717, 1.165) is 16.8 Å². The zero-order valence-electron chi connectivity index (χ0n) is 7.66. The van der Waals surface area contributed by atoms with E-state index in [1.165, 1.54) is 0 Å². The Morgan fingerprint density at radius 2 is 1.93 bits per heavy atom. The van der Waals surface area contributed by atoms with Crippen molar-refractivity contribution in [1.29, 1.82) is 0 Å². The SMILES string of the molecule is [B]CC1(CBr)COc2cscc2OC1. The molecular formula is C9H10BBrO2S. The van der Waals surface area contributed by atoms with Crippen LogP contribution in [0.5, 0.6) is 11.5 Å². The number of alkyl halides is 1. The number of ether oxygens (including phenoxy) is 2. The van der Waals surface area contributed by atoms with E-state index in [1.807, 2.05) is 10.8 Å². The van der Waals surface area contributed by atoms with Gasteiger partial charge in [-0.25, -0.2) is 0 Å². The zero-order chi connectivity index (χ0) is 10.0. The van der Waals surface area contributed by atoms with Crippen molar-refractivity contribution in [2.45, 2.75) is 6.32 Å². The minimum Gasteiger partial charge on any atom is -0.488 e. The minimum absolute atomic E-state index is 0.101. The van der Waals surface area contributed by atoms with E-state index in [4.69, 9.17) is 17.3 Å². The Morgan fingerprint density at radius 3 is 2.36 bits per heavy atom. The van der Waals surface area contributed by atoms with Gasteiger partial charge in [-0.3, -0.25) is 0 Å². The van der Waals surface area contributed by atoms with Crippen molar-refractivity contribution in [1.82, 2.24) is 0 Å². The quantitative estimate of drug-likeness (QED) is 0.608. The van der Waals surface area contributed by atoms with Crippen LogP contribution in [0.3, 0.4) is 0 Å². The number of hydrogen-bond donors (Lipinski definition) is 0. The van der Waals surface area contributed by atoms with Gasteiger partial charge < -0.3 is 9.47 Å². The highest BCUT2D eigenvalue weighted by Crippen LogP contribution is 2.38. The Balaban J connectivity index is 2.16. The Morgan fingerprint density at radius 1 is 1.36 bits per heavy atom. The average molecular weight is 273 g/mol. The molecule has 1 aromatic rings. The van der Waals surface area contributed by atoms with Gasteiger partial charge in [0.05, 0.1) is 21.1 Å².